The van der Waals surface area contributed by atoms with Crippen molar-refractivity contribution in [3.05, 3.63) is 35.3 Å². The molecule has 0 saturated heterocycles. The highest BCUT2D eigenvalue weighted by atomic mass is 16.5. The second kappa shape index (κ2) is 5.89. The molecule has 4 heteroatoms. The largest absolute Gasteiger partial charge is 0.496 e. The predicted octanol–water partition coefficient (Wildman–Crippen LogP) is 2.63. The van der Waals surface area contributed by atoms with Gasteiger partial charge in [0.15, 0.2) is 0 Å². The summed E-state index contributed by atoms with van der Waals surface area (Å²) in [5.74, 6) is 1.74. The van der Waals surface area contributed by atoms with Crippen LogP contribution in [-0.4, -0.2) is 28.8 Å². The van der Waals surface area contributed by atoms with E-state index in [0.29, 0.717) is 0 Å². The number of aliphatic hydroxyl groups is 1. The van der Waals surface area contributed by atoms with E-state index in [1.807, 2.05) is 12.3 Å². The van der Waals surface area contributed by atoms with Gasteiger partial charge in [-0.15, -0.1) is 0 Å². The number of hydrogen-bond acceptors (Lipinski definition) is 3. The zero-order valence-electron chi connectivity index (χ0n) is 11.7. The molecule has 2 rings (SSSR count). The topological polar surface area (TPSA) is 58.1 Å². The molecule has 2 aromatic rings. The lowest BCUT2D eigenvalue weighted by Gasteiger charge is -2.10. The Bertz CT molecular complexity index is 561. The van der Waals surface area contributed by atoms with E-state index in [0.717, 1.165) is 35.7 Å². The van der Waals surface area contributed by atoms with Gasteiger partial charge in [0, 0.05) is 18.6 Å². The van der Waals surface area contributed by atoms with E-state index < -0.39 is 0 Å². The van der Waals surface area contributed by atoms with Crippen molar-refractivity contribution in [3.8, 4) is 17.0 Å². The Kier molecular flexibility index (Phi) is 4.22. The summed E-state index contributed by atoms with van der Waals surface area (Å²) >= 11 is 0. The zero-order valence-corrected chi connectivity index (χ0v) is 11.7. The van der Waals surface area contributed by atoms with Crippen molar-refractivity contribution in [2.45, 2.75) is 26.7 Å². The van der Waals surface area contributed by atoms with Crippen LogP contribution in [0.5, 0.6) is 5.75 Å². The Morgan fingerprint density at radius 2 is 2.00 bits per heavy atom. The lowest BCUT2D eigenvalue weighted by atomic mass is 10.0. The number of ether oxygens (including phenoxy) is 1. The van der Waals surface area contributed by atoms with Crippen LogP contribution in [0.4, 0.5) is 0 Å². The minimum absolute atomic E-state index is 0.184. The van der Waals surface area contributed by atoms with Crippen molar-refractivity contribution in [2.24, 2.45) is 0 Å². The fourth-order valence-corrected chi connectivity index (χ4v) is 2.04. The number of benzene rings is 1. The molecule has 0 fully saturated rings. The van der Waals surface area contributed by atoms with Gasteiger partial charge in [-0.05, 0) is 43.5 Å². The molecule has 102 valence electrons. The van der Waals surface area contributed by atoms with Crippen LogP contribution in [0.25, 0.3) is 11.3 Å². The molecule has 0 radical (unpaired) electrons. The van der Waals surface area contributed by atoms with E-state index in [2.05, 4.69) is 29.9 Å². The van der Waals surface area contributed by atoms with Gasteiger partial charge in [0.2, 0.25) is 0 Å². The number of nitrogens with zero attached hydrogens (tertiary/aromatic N) is 1. The number of H-pyrrole nitrogens is 1. The molecule has 0 spiro atoms. The maximum atomic E-state index is 8.84. The molecule has 4 nitrogen and oxygen atoms in total. The van der Waals surface area contributed by atoms with Gasteiger partial charge < -0.3 is 14.8 Å². The van der Waals surface area contributed by atoms with Crippen molar-refractivity contribution in [2.75, 3.05) is 13.7 Å². The first-order valence-electron chi connectivity index (χ1n) is 6.46. The van der Waals surface area contributed by atoms with Crippen molar-refractivity contribution in [3.63, 3.8) is 0 Å². The molecule has 0 aliphatic carbocycles. The predicted molar refractivity (Wildman–Crippen MR) is 75.5 cm³/mol. The Morgan fingerprint density at radius 1 is 1.26 bits per heavy atom. The summed E-state index contributed by atoms with van der Waals surface area (Å²) in [5, 5.41) is 8.84. The highest BCUT2D eigenvalue weighted by molar-refractivity contribution is 5.68. The summed E-state index contributed by atoms with van der Waals surface area (Å²) in [6.45, 7) is 4.34. The molecular formula is C15H20N2O2. The number of nitrogens with one attached hydrogen (secondary N) is 1. The van der Waals surface area contributed by atoms with E-state index in [1.165, 1.54) is 11.1 Å². The van der Waals surface area contributed by atoms with Crippen LogP contribution < -0.4 is 4.74 Å². The molecule has 0 saturated carbocycles. The van der Waals surface area contributed by atoms with Gasteiger partial charge in [0.1, 0.15) is 11.6 Å². The maximum Gasteiger partial charge on any atom is 0.128 e. The number of aromatic nitrogens is 2. The van der Waals surface area contributed by atoms with E-state index in [9.17, 15) is 0 Å². The van der Waals surface area contributed by atoms with Gasteiger partial charge in [-0.3, -0.25) is 0 Å². The third-order valence-corrected chi connectivity index (χ3v) is 3.31. The van der Waals surface area contributed by atoms with Crippen LogP contribution in [0.1, 0.15) is 23.4 Å². The number of aromatic amines is 1. The number of imidazole rings is 1. The van der Waals surface area contributed by atoms with Crippen LogP contribution >= 0.6 is 0 Å². The van der Waals surface area contributed by atoms with Crippen LogP contribution in [0.2, 0.25) is 0 Å². The van der Waals surface area contributed by atoms with E-state index in [-0.39, 0.29) is 6.61 Å². The summed E-state index contributed by atoms with van der Waals surface area (Å²) in [6, 6.07) is 4.15. The van der Waals surface area contributed by atoms with Crippen molar-refractivity contribution in [1.82, 2.24) is 9.97 Å². The van der Waals surface area contributed by atoms with E-state index in [1.54, 1.807) is 7.11 Å². The monoisotopic (exact) mass is 260 g/mol. The Balaban J connectivity index is 2.35. The number of aliphatic hydroxyl groups excluding tert-OH is 1. The average Bonchev–Trinajstić information content (AvgIpc) is 2.87. The molecule has 0 aliphatic heterocycles. The van der Waals surface area contributed by atoms with Gasteiger partial charge in [-0.25, -0.2) is 4.98 Å². The third kappa shape index (κ3) is 2.96. The molecular weight excluding hydrogens is 240 g/mol. The van der Waals surface area contributed by atoms with Gasteiger partial charge in [0.05, 0.1) is 19.0 Å². The smallest absolute Gasteiger partial charge is 0.128 e. The van der Waals surface area contributed by atoms with Gasteiger partial charge in [-0.1, -0.05) is 0 Å². The third-order valence-electron chi connectivity index (χ3n) is 3.31. The lowest BCUT2D eigenvalue weighted by Crippen LogP contribution is -1.93. The summed E-state index contributed by atoms with van der Waals surface area (Å²) in [4.78, 5) is 7.62. The van der Waals surface area contributed by atoms with E-state index in [4.69, 9.17) is 9.84 Å². The Hall–Kier alpha value is -1.81. The van der Waals surface area contributed by atoms with Crippen LogP contribution in [0.15, 0.2) is 18.3 Å². The molecule has 0 unspecified atom stereocenters. The van der Waals surface area contributed by atoms with E-state index >= 15 is 0 Å². The fraction of sp³-hybridized carbons (Fsp3) is 0.400. The SMILES string of the molecule is COc1cc(C)c(C)cc1-c1cnc(CCCO)[nH]1. The highest BCUT2D eigenvalue weighted by Crippen LogP contribution is 2.31. The molecule has 19 heavy (non-hydrogen) atoms. The number of rotatable bonds is 5. The lowest BCUT2D eigenvalue weighted by molar-refractivity contribution is 0.287. The minimum atomic E-state index is 0.184. The normalized spacial score (nSPS) is 10.7. The highest BCUT2D eigenvalue weighted by Gasteiger charge is 2.11. The first-order valence-corrected chi connectivity index (χ1v) is 6.46. The molecule has 1 heterocycles. The second-order valence-electron chi connectivity index (χ2n) is 4.71. The fourth-order valence-electron chi connectivity index (χ4n) is 2.04. The molecule has 1 aromatic heterocycles. The van der Waals surface area contributed by atoms with Gasteiger partial charge in [-0.2, -0.15) is 0 Å². The molecule has 1 aromatic carbocycles. The van der Waals surface area contributed by atoms with Gasteiger partial charge in [0.25, 0.3) is 0 Å². The molecule has 0 atom stereocenters. The number of hydrogen-bond donors (Lipinski definition) is 2. The zero-order chi connectivity index (χ0) is 13.8. The molecule has 0 bridgehead atoms. The van der Waals surface area contributed by atoms with Crippen molar-refractivity contribution in [1.29, 1.82) is 0 Å². The van der Waals surface area contributed by atoms with Crippen molar-refractivity contribution < 1.29 is 9.84 Å². The number of aryl methyl sites for hydroxylation is 3. The Labute approximate surface area is 113 Å². The molecule has 0 amide bonds. The average molecular weight is 260 g/mol. The van der Waals surface area contributed by atoms with Crippen LogP contribution in [0.3, 0.4) is 0 Å². The standard InChI is InChI=1S/C15H20N2O2/c1-10-7-12(14(19-3)8-11(10)2)13-9-16-15(17-13)5-4-6-18/h7-9,18H,4-6H2,1-3H3,(H,16,17). The quantitative estimate of drug-likeness (QED) is 0.869. The number of methoxy groups -OCH3 is 1. The first kappa shape index (κ1) is 13.6. The molecule has 2 N–H and O–H groups in total. The first-order chi connectivity index (χ1) is 9.15. The second-order valence-corrected chi connectivity index (χ2v) is 4.71. The summed E-state index contributed by atoms with van der Waals surface area (Å²) < 4.78 is 5.44. The molecule has 0 aliphatic rings. The summed E-state index contributed by atoms with van der Waals surface area (Å²) in [5.41, 5.74) is 4.41. The minimum Gasteiger partial charge on any atom is -0.496 e. The van der Waals surface area contributed by atoms with Crippen molar-refractivity contribution >= 4 is 0 Å². The van der Waals surface area contributed by atoms with Crippen LogP contribution in [0, 0.1) is 13.8 Å². The van der Waals surface area contributed by atoms with Crippen LogP contribution in [-0.2, 0) is 6.42 Å². The Morgan fingerprint density at radius 3 is 2.68 bits per heavy atom. The maximum absolute atomic E-state index is 8.84. The summed E-state index contributed by atoms with van der Waals surface area (Å²) in [7, 11) is 1.68. The van der Waals surface area contributed by atoms with Gasteiger partial charge >= 0.3 is 0 Å². The summed E-state index contributed by atoms with van der Waals surface area (Å²) in [6.07, 6.45) is 3.29.